The summed E-state index contributed by atoms with van der Waals surface area (Å²) in [5.41, 5.74) is 6.24. The van der Waals surface area contributed by atoms with E-state index in [4.69, 9.17) is 17.3 Å². The minimum absolute atomic E-state index is 0.185. The average Bonchev–Trinajstić information content (AvgIpc) is 2.30. The van der Waals surface area contributed by atoms with E-state index in [0.717, 1.165) is 13.1 Å². The summed E-state index contributed by atoms with van der Waals surface area (Å²) in [6.07, 6.45) is 0.667. The Morgan fingerprint density at radius 2 is 2.18 bits per heavy atom. The van der Waals surface area contributed by atoms with E-state index < -0.39 is 0 Å². The predicted octanol–water partition coefficient (Wildman–Crippen LogP) is 2.55. The Labute approximate surface area is 108 Å². The van der Waals surface area contributed by atoms with Crippen molar-refractivity contribution in [2.75, 3.05) is 26.7 Å². The van der Waals surface area contributed by atoms with Crippen LogP contribution in [0.25, 0.3) is 0 Å². The van der Waals surface area contributed by atoms with E-state index in [-0.39, 0.29) is 5.82 Å². The van der Waals surface area contributed by atoms with Gasteiger partial charge in [-0.15, -0.1) is 0 Å². The van der Waals surface area contributed by atoms with Gasteiger partial charge in [-0.2, -0.15) is 0 Å². The first kappa shape index (κ1) is 14.4. The van der Waals surface area contributed by atoms with E-state index in [1.54, 1.807) is 12.1 Å². The number of hydrogen-bond donors (Lipinski definition) is 1. The summed E-state index contributed by atoms with van der Waals surface area (Å²) in [4.78, 5) is 2.16. The third kappa shape index (κ3) is 5.02. The molecule has 0 aliphatic rings. The Morgan fingerprint density at radius 3 is 2.82 bits per heavy atom. The van der Waals surface area contributed by atoms with Crippen LogP contribution in [-0.2, 0) is 6.42 Å². The van der Waals surface area contributed by atoms with Gasteiger partial charge in [0.15, 0.2) is 0 Å². The van der Waals surface area contributed by atoms with Crippen LogP contribution in [0.15, 0.2) is 18.2 Å². The van der Waals surface area contributed by atoms with Crippen LogP contribution in [0, 0.1) is 11.7 Å². The molecule has 2 N–H and O–H groups in total. The number of benzene rings is 1. The van der Waals surface area contributed by atoms with Crippen molar-refractivity contribution in [1.82, 2.24) is 4.90 Å². The third-order valence-electron chi connectivity index (χ3n) is 2.80. The van der Waals surface area contributed by atoms with Gasteiger partial charge in [0.2, 0.25) is 0 Å². The van der Waals surface area contributed by atoms with Crippen molar-refractivity contribution in [1.29, 1.82) is 0 Å². The average molecular weight is 259 g/mol. The van der Waals surface area contributed by atoms with Gasteiger partial charge in [0.25, 0.3) is 0 Å². The van der Waals surface area contributed by atoms with Gasteiger partial charge in [0.05, 0.1) is 0 Å². The molecule has 0 bridgehead atoms. The lowest BCUT2D eigenvalue weighted by Crippen LogP contribution is -2.30. The Hall–Kier alpha value is -0.640. The lowest BCUT2D eigenvalue weighted by Gasteiger charge is -2.20. The minimum atomic E-state index is -0.185. The molecule has 1 aromatic carbocycles. The predicted molar refractivity (Wildman–Crippen MR) is 70.8 cm³/mol. The molecule has 96 valence electrons. The Balaban J connectivity index is 2.47. The number of halogens is 2. The van der Waals surface area contributed by atoms with Gasteiger partial charge in [-0.1, -0.05) is 18.5 Å². The molecule has 0 aromatic heterocycles. The molecule has 0 saturated carbocycles. The highest BCUT2D eigenvalue weighted by molar-refractivity contribution is 6.30. The molecule has 0 aliphatic carbocycles. The number of likely N-dealkylation sites (N-methyl/N-ethyl adjacent to an activating group) is 1. The fraction of sp³-hybridized carbons (Fsp3) is 0.538. The maximum atomic E-state index is 13.5. The topological polar surface area (TPSA) is 29.3 Å². The van der Waals surface area contributed by atoms with Crippen LogP contribution in [0.2, 0.25) is 5.02 Å². The SMILES string of the molecule is CC(CN)CN(C)CCc1cc(Cl)ccc1F. The molecule has 0 spiro atoms. The molecule has 0 heterocycles. The first-order chi connectivity index (χ1) is 8.02. The number of nitrogens with zero attached hydrogens (tertiary/aromatic N) is 1. The molecule has 0 amide bonds. The third-order valence-corrected chi connectivity index (χ3v) is 3.03. The van der Waals surface area contributed by atoms with Crippen molar-refractivity contribution in [2.24, 2.45) is 11.7 Å². The van der Waals surface area contributed by atoms with Gasteiger partial charge in [-0.25, -0.2) is 4.39 Å². The second kappa shape index (κ2) is 6.94. The molecule has 0 saturated heterocycles. The smallest absolute Gasteiger partial charge is 0.126 e. The molecule has 4 heteroatoms. The van der Waals surface area contributed by atoms with Crippen LogP contribution in [0.4, 0.5) is 4.39 Å². The van der Waals surface area contributed by atoms with Gasteiger partial charge < -0.3 is 10.6 Å². The van der Waals surface area contributed by atoms with Crippen molar-refractivity contribution >= 4 is 11.6 Å². The van der Waals surface area contributed by atoms with Crippen molar-refractivity contribution in [3.8, 4) is 0 Å². The summed E-state index contributed by atoms with van der Waals surface area (Å²) in [7, 11) is 2.02. The van der Waals surface area contributed by atoms with Gasteiger partial charge in [-0.05, 0) is 49.7 Å². The van der Waals surface area contributed by atoms with E-state index >= 15 is 0 Å². The highest BCUT2D eigenvalue weighted by Gasteiger charge is 2.07. The second-order valence-corrected chi connectivity index (χ2v) is 5.03. The molecule has 1 aromatic rings. The number of rotatable bonds is 6. The van der Waals surface area contributed by atoms with E-state index in [1.807, 2.05) is 7.05 Å². The summed E-state index contributed by atoms with van der Waals surface area (Å²) in [5.74, 6) is 0.277. The zero-order valence-corrected chi connectivity index (χ0v) is 11.2. The van der Waals surface area contributed by atoms with E-state index in [2.05, 4.69) is 11.8 Å². The molecule has 17 heavy (non-hydrogen) atoms. The van der Waals surface area contributed by atoms with Crippen LogP contribution in [-0.4, -0.2) is 31.6 Å². The fourth-order valence-electron chi connectivity index (χ4n) is 1.74. The van der Waals surface area contributed by atoms with Gasteiger partial charge in [0, 0.05) is 18.1 Å². The summed E-state index contributed by atoms with van der Waals surface area (Å²) in [6, 6.07) is 4.68. The minimum Gasteiger partial charge on any atom is -0.330 e. The normalized spacial score (nSPS) is 13.1. The largest absolute Gasteiger partial charge is 0.330 e. The Bertz CT molecular complexity index is 357. The maximum Gasteiger partial charge on any atom is 0.126 e. The number of hydrogen-bond acceptors (Lipinski definition) is 2. The van der Waals surface area contributed by atoms with Crippen molar-refractivity contribution < 1.29 is 4.39 Å². The first-order valence-electron chi connectivity index (χ1n) is 5.85. The van der Waals surface area contributed by atoms with Crippen LogP contribution in [0.5, 0.6) is 0 Å². The standard InChI is InChI=1S/C13H20ClFN2/c1-10(8-16)9-17(2)6-5-11-7-12(14)3-4-13(11)15/h3-4,7,10H,5-6,8-9,16H2,1-2H3. The maximum absolute atomic E-state index is 13.5. The molecule has 1 rings (SSSR count). The summed E-state index contributed by atoms with van der Waals surface area (Å²) in [6.45, 7) is 4.52. The van der Waals surface area contributed by atoms with Crippen molar-refractivity contribution in [2.45, 2.75) is 13.3 Å². The first-order valence-corrected chi connectivity index (χ1v) is 6.23. The highest BCUT2D eigenvalue weighted by atomic mass is 35.5. The monoisotopic (exact) mass is 258 g/mol. The number of nitrogens with two attached hydrogens (primary N) is 1. The summed E-state index contributed by atoms with van der Waals surface area (Å²) >= 11 is 5.84. The zero-order chi connectivity index (χ0) is 12.8. The molecular weight excluding hydrogens is 239 g/mol. The quantitative estimate of drug-likeness (QED) is 0.850. The zero-order valence-electron chi connectivity index (χ0n) is 10.4. The van der Waals surface area contributed by atoms with Crippen molar-refractivity contribution in [3.63, 3.8) is 0 Å². The van der Waals surface area contributed by atoms with Crippen LogP contribution < -0.4 is 5.73 Å². The lowest BCUT2D eigenvalue weighted by atomic mass is 10.1. The van der Waals surface area contributed by atoms with E-state index in [9.17, 15) is 4.39 Å². The van der Waals surface area contributed by atoms with E-state index in [1.165, 1.54) is 6.07 Å². The Morgan fingerprint density at radius 1 is 1.47 bits per heavy atom. The molecule has 2 nitrogen and oxygen atoms in total. The van der Waals surface area contributed by atoms with Crippen LogP contribution in [0.1, 0.15) is 12.5 Å². The van der Waals surface area contributed by atoms with Crippen LogP contribution in [0.3, 0.4) is 0 Å². The lowest BCUT2D eigenvalue weighted by molar-refractivity contribution is 0.291. The van der Waals surface area contributed by atoms with E-state index in [0.29, 0.717) is 29.5 Å². The fourth-order valence-corrected chi connectivity index (χ4v) is 1.94. The van der Waals surface area contributed by atoms with Gasteiger partial charge >= 0.3 is 0 Å². The summed E-state index contributed by atoms with van der Waals surface area (Å²) < 4.78 is 13.5. The summed E-state index contributed by atoms with van der Waals surface area (Å²) in [5, 5.41) is 0.583. The second-order valence-electron chi connectivity index (χ2n) is 4.59. The molecule has 0 aliphatic heterocycles. The van der Waals surface area contributed by atoms with Crippen LogP contribution >= 0.6 is 11.6 Å². The molecule has 0 radical (unpaired) electrons. The molecular formula is C13H20ClFN2. The highest BCUT2D eigenvalue weighted by Crippen LogP contribution is 2.15. The molecule has 0 fully saturated rings. The van der Waals surface area contributed by atoms with Gasteiger partial charge in [0.1, 0.15) is 5.82 Å². The molecule has 1 atom stereocenters. The van der Waals surface area contributed by atoms with Crippen molar-refractivity contribution in [3.05, 3.63) is 34.6 Å². The molecule has 1 unspecified atom stereocenters. The Kier molecular flexibility index (Phi) is 5.89. The van der Waals surface area contributed by atoms with Gasteiger partial charge in [-0.3, -0.25) is 0 Å².